The number of rotatable bonds is 3. The molecule has 0 radical (unpaired) electrons. The van der Waals surface area contributed by atoms with Gasteiger partial charge in [-0.05, 0) is 26.0 Å². The Kier molecular flexibility index (Phi) is 3.56. The molecule has 0 spiro atoms. The number of aromatic nitrogens is 2. The van der Waals surface area contributed by atoms with Crippen LogP contribution in [0.5, 0.6) is 5.75 Å². The second-order valence-corrected chi connectivity index (χ2v) is 4.28. The average molecular weight is 288 g/mol. The molecule has 2 aromatic rings. The van der Waals surface area contributed by atoms with Gasteiger partial charge in [0.2, 0.25) is 0 Å². The highest BCUT2D eigenvalue weighted by molar-refractivity contribution is 6.02. The zero-order valence-electron chi connectivity index (χ0n) is 10.6. The zero-order chi connectivity index (χ0) is 14.9. The average Bonchev–Trinajstić information content (AvgIpc) is 2.68. The fourth-order valence-electron chi connectivity index (χ4n) is 1.62. The standard InChI is InChI=1S/C12H11F3N2O3/c1-6(2)19-11(18)10-8-4-3-7(20-12(13,14)15)5-9(8)16-17-10/h3-6H,1-2H3,(H,16,17). The first kappa shape index (κ1) is 14.2. The minimum Gasteiger partial charge on any atom is -0.458 e. The largest absolute Gasteiger partial charge is 0.573 e. The summed E-state index contributed by atoms with van der Waals surface area (Å²) in [6.45, 7) is 3.37. The molecule has 1 heterocycles. The molecule has 0 fully saturated rings. The monoisotopic (exact) mass is 288 g/mol. The molecule has 1 aromatic heterocycles. The number of halogens is 3. The Morgan fingerprint density at radius 2 is 2.05 bits per heavy atom. The molecule has 0 unspecified atom stereocenters. The Morgan fingerprint density at radius 3 is 2.65 bits per heavy atom. The van der Waals surface area contributed by atoms with E-state index in [2.05, 4.69) is 14.9 Å². The predicted octanol–water partition coefficient (Wildman–Crippen LogP) is 3.03. The molecule has 5 nitrogen and oxygen atoms in total. The van der Waals surface area contributed by atoms with E-state index in [1.54, 1.807) is 13.8 Å². The number of aromatic amines is 1. The molecule has 1 N–H and O–H groups in total. The molecule has 0 bridgehead atoms. The summed E-state index contributed by atoms with van der Waals surface area (Å²) in [5, 5.41) is 6.59. The third-order valence-electron chi connectivity index (χ3n) is 2.30. The van der Waals surface area contributed by atoms with Crippen LogP contribution < -0.4 is 4.74 Å². The number of hydrogen-bond acceptors (Lipinski definition) is 4. The van der Waals surface area contributed by atoms with Gasteiger partial charge in [-0.1, -0.05) is 0 Å². The van der Waals surface area contributed by atoms with Gasteiger partial charge in [0.1, 0.15) is 5.75 Å². The number of nitrogens with zero attached hydrogens (tertiary/aromatic N) is 1. The Bertz CT molecular complexity index is 634. The van der Waals surface area contributed by atoms with E-state index in [4.69, 9.17) is 4.74 Å². The molecular weight excluding hydrogens is 277 g/mol. The Balaban J connectivity index is 2.31. The van der Waals surface area contributed by atoms with Crippen molar-refractivity contribution in [3.8, 4) is 5.75 Å². The summed E-state index contributed by atoms with van der Waals surface area (Å²) in [4.78, 5) is 11.7. The number of benzene rings is 1. The number of fused-ring (bicyclic) bond motifs is 1. The Morgan fingerprint density at radius 1 is 1.35 bits per heavy atom. The van der Waals surface area contributed by atoms with Gasteiger partial charge in [0.05, 0.1) is 11.6 Å². The van der Waals surface area contributed by atoms with Crippen molar-refractivity contribution in [2.75, 3.05) is 0 Å². The van der Waals surface area contributed by atoms with E-state index in [9.17, 15) is 18.0 Å². The smallest absolute Gasteiger partial charge is 0.458 e. The molecule has 0 aliphatic carbocycles. The normalized spacial score (nSPS) is 11.9. The number of nitrogens with one attached hydrogen (secondary N) is 1. The van der Waals surface area contributed by atoms with Gasteiger partial charge in [-0.15, -0.1) is 13.2 Å². The second kappa shape index (κ2) is 5.03. The SMILES string of the molecule is CC(C)OC(=O)c1n[nH]c2cc(OC(F)(F)F)ccc12. The molecule has 20 heavy (non-hydrogen) atoms. The van der Waals surface area contributed by atoms with Crippen molar-refractivity contribution in [2.24, 2.45) is 0 Å². The zero-order valence-corrected chi connectivity index (χ0v) is 10.6. The number of esters is 1. The Labute approximate surface area is 111 Å². The lowest BCUT2D eigenvalue weighted by atomic mass is 10.2. The summed E-state index contributed by atoms with van der Waals surface area (Å²) in [6, 6.07) is 3.54. The molecule has 0 atom stereocenters. The highest BCUT2D eigenvalue weighted by atomic mass is 19.4. The van der Waals surface area contributed by atoms with E-state index in [0.717, 1.165) is 12.1 Å². The molecule has 2 rings (SSSR count). The van der Waals surface area contributed by atoms with Crippen molar-refractivity contribution >= 4 is 16.9 Å². The van der Waals surface area contributed by atoms with Crippen molar-refractivity contribution in [1.82, 2.24) is 10.2 Å². The Hall–Kier alpha value is -2.25. The van der Waals surface area contributed by atoms with Gasteiger partial charge in [-0.3, -0.25) is 5.10 Å². The van der Waals surface area contributed by atoms with Gasteiger partial charge in [0.25, 0.3) is 0 Å². The molecule has 0 saturated heterocycles. The number of H-pyrrole nitrogens is 1. The summed E-state index contributed by atoms with van der Waals surface area (Å²) in [5.74, 6) is -1.03. The molecule has 108 valence electrons. The van der Waals surface area contributed by atoms with Crippen LogP contribution in [0.2, 0.25) is 0 Å². The highest BCUT2D eigenvalue weighted by Gasteiger charge is 2.31. The fourth-order valence-corrected chi connectivity index (χ4v) is 1.62. The van der Waals surface area contributed by atoms with Crippen LogP contribution in [0.15, 0.2) is 18.2 Å². The molecule has 0 aliphatic rings. The van der Waals surface area contributed by atoms with Crippen LogP contribution in [0.4, 0.5) is 13.2 Å². The third kappa shape index (κ3) is 3.19. The van der Waals surface area contributed by atoms with Crippen molar-refractivity contribution in [3.63, 3.8) is 0 Å². The second-order valence-electron chi connectivity index (χ2n) is 4.28. The highest BCUT2D eigenvalue weighted by Crippen LogP contribution is 2.27. The van der Waals surface area contributed by atoms with Crippen LogP contribution in [0.1, 0.15) is 24.3 Å². The van der Waals surface area contributed by atoms with Crippen molar-refractivity contribution < 1.29 is 27.4 Å². The molecule has 8 heteroatoms. The van der Waals surface area contributed by atoms with Crippen LogP contribution in [-0.4, -0.2) is 28.6 Å². The molecule has 1 aromatic carbocycles. The summed E-state index contributed by atoms with van der Waals surface area (Å²) in [5.41, 5.74) is 0.273. The number of carbonyl (C=O) groups is 1. The maximum atomic E-state index is 12.1. The quantitative estimate of drug-likeness (QED) is 0.882. The first-order chi connectivity index (χ1) is 9.26. The third-order valence-corrected chi connectivity index (χ3v) is 2.30. The maximum absolute atomic E-state index is 12.1. The molecule has 0 amide bonds. The van der Waals surface area contributed by atoms with Gasteiger partial charge < -0.3 is 9.47 Å². The van der Waals surface area contributed by atoms with E-state index in [1.807, 2.05) is 0 Å². The van der Waals surface area contributed by atoms with Crippen LogP contribution in [0, 0.1) is 0 Å². The molecule has 0 saturated carbocycles. The van der Waals surface area contributed by atoms with Crippen molar-refractivity contribution in [2.45, 2.75) is 26.3 Å². The molecule has 0 aliphatic heterocycles. The summed E-state index contributed by atoms with van der Waals surface area (Å²) < 4.78 is 45.0. The van der Waals surface area contributed by atoms with E-state index in [-0.39, 0.29) is 17.3 Å². The first-order valence-corrected chi connectivity index (χ1v) is 5.71. The minimum atomic E-state index is -4.77. The van der Waals surface area contributed by atoms with Crippen LogP contribution in [0.25, 0.3) is 10.9 Å². The summed E-state index contributed by atoms with van der Waals surface area (Å²) in [7, 11) is 0. The predicted molar refractivity (Wildman–Crippen MR) is 63.3 cm³/mol. The van der Waals surface area contributed by atoms with Crippen LogP contribution in [-0.2, 0) is 4.74 Å². The lowest BCUT2D eigenvalue weighted by molar-refractivity contribution is -0.274. The first-order valence-electron chi connectivity index (χ1n) is 5.71. The van der Waals surface area contributed by atoms with Crippen molar-refractivity contribution in [3.05, 3.63) is 23.9 Å². The van der Waals surface area contributed by atoms with Gasteiger partial charge in [0, 0.05) is 11.5 Å². The topological polar surface area (TPSA) is 64.2 Å². The number of alkyl halides is 3. The number of carbonyl (C=O) groups excluding carboxylic acids is 1. The fraction of sp³-hybridized carbons (Fsp3) is 0.333. The van der Waals surface area contributed by atoms with Crippen LogP contribution in [0.3, 0.4) is 0 Å². The lowest BCUT2D eigenvalue weighted by Gasteiger charge is -2.08. The van der Waals surface area contributed by atoms with Gasteiger partial charge in [-0.25, -0.2) is 4.79 Å². The number of hydrogen-bond donors (Lipinski definition) is 1. The maximum Gasteiger partial charge on any atom is 0.573 e. The van der Waals surface area contributed by atoms with Crippen LogP contribution >= 0.6 is 0 Å². The lowest BCUT2D eigenvalue weighted by Crippen LogP contribution is -2.17. The van der Waals surface area contributed by atoms with Crippen molar-refractivity contribution in [1.29, 1.82) is 0 Å². The van der Waals surface area contributed by atoms with E-state index in [0.29, 0.717) is 5.39 Å². The molecular formula is C12H11F3N2O3. The number of ether oxygens (including phenoxy) is 2. The minimum absolute atomic E-state index is 0.0206. The van der Waals surface area contributed by atoms with Gasteiger partial charge in [0.15, 0.2) is 5.69 Å². The van der Waals surface area contributed by atoms with Gasteiger partial charge >= 0.3 is 12.3 Å². The van der Waals surface area contributed by atoms with E-state index in [1.165, 1.54) is 6.07 Å². The summed E-state index contributed by atoms with van der Waals surface area (Å²) >= 11 is 0. The van der Waals surface area contributed by atoms with Gasteiger partial charge in [-0.2, -0.15) is 5.10 Å². The summed E-state index contributed by atoms with van der Waals surface area (Å²) in [6.07, 6.45) is -5.09. The van der Waals surface area contributed by atoms with E-state index < -0.39 is 18.1 Å². The van der Waals surface area contributed by atoms with E-state index >= 15 is 0 Å².